The molecule has 0 saturated carbocycles. The molecule has 2 aromatic rings. The van der Waals surface area contributed by atoms with Crippen molar-refractivity contribution in [1.82, 2.24) is 0 Å². The third-order valence-electron chi connectivity index (χ3n) is 3.15. The predicted molar refractivity (Wildman–Crippen MR) is 86.2 cm³/mol. The van der Waals surface area contributed by atoms with E-state index in [1.165, 1.54) is 18.3 Å². The SMILES string of the molecule is CC(=O)c1ccc(Cc2csc(C(=O)C=C(O)C(=O)O)c2)cc1. The lowest BCUT2D eigenvalue weighted by Gasteiger charge is -2.00. The number of benzene rings is 1. The average Bonchev–Trinajstić information content (AvgIpc) is 2.96. The number of aliphatic hydroxyl groups is 1. The van der Waals surface area contributed by atoms with Gasteiger partial charge in [-0.15, -0.1) is 11.3 Å². The number of thiophene rings is 1. The Kier molecular flexibility index (Phi) is 5.08. The van der Waals surface area contributed by atoms with Crippen molar-refractivity contribution < 1.29 is 24.6 Å². The third kappa shape index (κ3) is 4.37. The number of carboxylic acids is 1. The van der Waals surface area contributed by atoms with Gasteiger partial charge in [0, 0.05) is 11.6 Å². The summed E-state index contributed by atoms with van der Waals surface area (Å²) < 4.78 is 0. The van der Waals surface area contributed by atoms with Gasteiger partial charge >= 0.3 is 5.97 Å². The van der Waals surface area contributed by atoms with Crippen LogP contribution in [0.5, 0.6) is 0 Å². The van der Waals surface area contributed by atoms with Gasteiger partial charge in [0.15, 0.2) is 11.6 Å². The van der Waals surface area contributed by atoms with Gasteiger partial charge in [-0.05, 0) is 35.9 Å². The number of carbonyl (C=O) groups excluding carboxylic acids is 2. The van der Waals surface area contributed by atoms with Crippen LogP contribution in [0.25, 0.3) is 0 Å². The normalized spacial score (nSPS) is 11.3. The van der Waals surface area contributed by atoms with E-state index in [4.69, 9.17) is 10.2 Å². The Morgan fingerprint density at radius 1 is 1.09 bits per heavy atom. The first-order valence-corrected chi connectivity index (χ1v) is 7.60. The molecule has 0 fully saturated rings. The van der Waals surface area contributed by atoms with Crippen molar-refractivity contribution in [2.24, 2.45) is 0 Å². The van der Waals surface area contributed by atoms with Crippen molar-refractivity contribution in [3.63, 3.8) is 0 Å². The maximum atomic E-state index is 11.8. The van der Waals surface area contributed by atoms with E-state index in [1.807, 2.05) is 12.1 Å². The summed E-state index contributed by atoms with van der Waals surface area (Å²) in [6.45, 7) is 1.51. The minimum atomic E-state index is -1.54. The molecule has 1 aromatic heterocycles. The first-order valence-electron chi connectivity index (χ1n) is 6.72. The van der Waals surface area contributed by atoms with E-state index < -0.39 is 17.5 Å². The van der Waals surface area contributed by atoms with E-state index in [0.29, 0.717) is 22.9 Å². The molecule has 0 bridgehead atoms. The molecule has 1 heterocycles. The zero-order valence-corrected chi connectivity index (χ0v) is 13.1. The van der Waals surface area contributed by atoms with Crippen LogP contribution in [0.4, 0.5) is 0 Å². The van der Waals surface area contributed by atoms with Gasteiger partial charge in [-0.3, -0.25) is 9.59 Å². The molecule has 0 aliphatic heterocycles. The molecule has 6 heteroatoms. The molecular weight excluding hydrogens is 316 g/mol. The molecule has 5 nitrogen and oxygen atoms in total. The van der Waals surface area contributed by atoms with Crippen molar-refractivity contribution in [2.75, 3.05) is 0 Å². The molecule has 0 atom stereocenters. The van der Waals surface area contributed by atoms with E-state index >= 15 is 0 Å². The maximum Gasteiger partial charge on any atom is 0.371 e. The molecule has 2 rings (SSSR count). The lowest BCUT2D eigenvalue weighted by atomic mass is 10.0. The van der Waals surface area contributed by atoms with Crippen LogP contribution in [0.3, 0.4) is 0 Å². The molecule has 0 saturated heterocycles. The number of aliphatic carboxylic acids is 1. The number of hydrogen-bond donors (Lipinski definition) is 2. The summed E-state index contributed by atoms with van der Waals surface area (Å²) in [7, 11) is 0. The van der Waals surface area contributed by atoms with Crippen molar-refractivity contribution in [1.29, 1.82) is 0 Å². The standard InChI is InChI=1S/C17H14O5S/c1-10(18)13-4-2-11(3-5-13)6-12-7-16(23-9-12)14(19)8-15(20)17(21)22/h2-5,7-9,20H,6H2,1H3,(H,21,22). The minimum Gasteiger partial charge on any atom is -0.502 e. The van der Waals surface area contributed by atoms with Gasteiger partial charge in [0.1, 0.15) is 0 Å². The highest BCUT2D eigenvalue weighted by molar-refractivity contribution is 7.12. The topological polar surface area (TPSA) is 91.7 Å². The summed E-state index contributed by atoms with van der Waals surface area (Å²) in [4.78, 5) is 33.9. The highest BCUT2D eigenvalue weighted by Gasteiger charge is 2.12. The number of rotatable bonds is 6. The number of ketones is 2. The number of aliphatic hydroxyl groups excluding tert-OH is 1. The summed E-state index contributed by atoms with van der Waals surface area (Å²) >= 11 is 1.19. The Morgan fingerprint density at radius 2 is 1.74 bits per heavy atom. The summed E-state index contributed by atoms with van der Waals surface area (Å²) in [6.07, 6.45) is 1.29. The van der Waals surface area contributed by atoms with Gasteiger partial charge in [0.05, 0.1) is 4.88 Å². The molecule has 0 amide bonds. The molecule has 118 valence electrons. The van der Waals surface area contributed by atoms with Crippen LogP contribution in [0.1, 0.15) is 38.1 Å². The van der Waals surface area contributed by atoms with Gasteiger partial charge < -0.3 is 10.2 Å². The zero-order valence-electron chi connectivity index (χ0n) is 12.3. The van der Waals surface area contributed by atoms with Crippen LogP contribution in [-0.4, -0.2) is 27.7 Å². The van der Waals surface area contributed by atoms with Gasteiger partial charge in [0.2, 0.25) is 5.76 Å². The monoisotopic (exact) mass is 330 g/mol. The zero-order chi connectivity index (χ0) is 17.0. The van der Waals surface area contributed by atoms with E-state index in [0.717, 1.165) is 11.1 Å². The average molecular weight is 330 g/mol. The second-order valence-electron chi connectivity index (χ2n) is 4.95. The predicted octanol–water partition coefficient (Wildman–Crippen LogP) is 3.25. The number of carbonyl (C=O) groups is 3. The largest absolute Gasteiger partial charge is 0.502 e. The molecule has 23 heavy (non-hydrogen) atoms. The van der Waals surface area contributed by atoms with Crippen molar-refractivity contribution in [3.8, 4) is 0 Å². The molecule has 1 aromatic carbocycles. The summed E-state index contributed by atoms with van der Waals surface area (Å²) in [6, 6.07) is 8.88. The van der Waals surface area contributed by atoms with Gasteiger partial charge in [0.25, 0.3) is 0 Å². The van der Waals surface area contributed by atoms with Crippen LogP contribution < -0.4 is 0 Å². The summed E-state index contributed by atoms with van der Waals surface area (Å²) in [5.41, 5.74) is 2.54. The van der Waals surface area contributed by atoms with Crippen molar-refractivity contribution in [2.45, 2.75) is 13.3 Å². The third-order valence-corrected chi connectivity index (χ3v) is 4.15. The molecular formula is C17H14O5S. The Bertz CT molecular complexity index is 784. The quantitative estimate of drug-likeness (QED) is 0.482. The van der Waals surface area contributed by atoms with Gasteiger partial charge in [-0.1, -0.05) is 24.3 Å². The maximum absolute atomic E-state index is 11.8. The second-order valence-corrected chi connectivity index (χ2v) is 5.86. The molecule has 0 spiro atoms. The Balaban J connectivity index is 2.10. The fourth-order valence-electron chi connectivity index (χ4n) is 1.95. The molecule has 0 aliphatic rings. The van der Waals surface area contributed by atoms with Crippen LogP contribution in [0.2, 0.25) is 0 Å². The Morgan fingerprint density at radius 3 is 2.30 bits per heavy atom. The first kappa shape index (κ1) is 16.6. The molecule has 0 radical (unpaired) electrons. The highest BCUT2D eigenvalue weighted by atomic mass is 32.1. The van der Waals surface area contributed by atoms with Crippen molar-refractivity contribution >= 4 is 28.9 Å². The van der Waals surface area contributed by atoms with Crippen LogP contribution in [0, 0.1) is 0 Å². The van der Waals surface area contributed by atoms with Crippen molar-refractivity contribution in [3.05, 3.63) is 69.1 Å². The second kappa shape index (κ2) is 7.02. The molecule has 0 unspecified atom stereocenters. The fraction of sp³-hybridized carbons (Fsp3) is 0.118. The Labute approximate surface area is 136 Å². The van der Waals surface area contributed by atoms with Crippen LogP contribution >= 0.6 is 11.3 Å². The first-order chi connectivity index (χ1) is 10.9. The number of hydrogen-bond acceptors (Lipinski definition) is 5. The summed E-state index contributed by atoms with van der Waals surface area (Å²) in [5, 5.41) is 19.4. The fourth-order valence-corrected chi connectivity index (χ4v) is 2.77. The van der Waals surface area contributed by atoms with Gasteiger partial charge in [-0.2, -0.15) is 0 Å². The smallest absolute Gasteiger partial charge is 0.371 e. The summed E-state index contributed by atoms with van der Waals surface area (Å²) in [5.74, 6) is -3.07. The van der Waals surface area contributed by atoms with E-state index in [-0.39, 0.29) is 5.78 Å². The minimum absolute atomic E-state index is 0.00462. The van der Waals surface area contributed by atoms with Gasteiger partial charge in [-0.25, -0.2) is 4.79 Å². The highest BCUT2D eigenvalue weighted by Crippen LogP contribution is 2.19. The molecule has 0 aliphatic carbocycles. The van der Waals surface area contributed by atoms with E-state index in [9.17, 15) is 14.4 Å². The molecule has 2 N–H and O–H groups in total. The number of carboxylic acid groups (broad SMARTS) is 1. The van der Waals surface area contributed by atoms with Crippen LogP contribution in [-0.2, 0) is 11.2 Å². The number of Topliss-reactive ketones (excluding diaryl/α,β-unsaturated/α-hetero) is 1. The number of allylic oxidation sites excluding steroid dienone is 1. The van der Waals surface area contributed by atoms with Crippen LogP contribution in [0.15, 0.2) is 47.5 Å². The van der Waals surface area contributed by atoms with E-state index in [1.54, 1.807) is 23.6 Å². The van der Waals surface area contributed by atoms with E-state index in [2.05, 4.69) is 0 Å². The Hall–Kier alpha value is -2.73. The lowest BCUT2D eigenvalue weighted by molar-refractivity contribution is -0.135. The lowest BCUT2D eigenvalue weighted by Crippen LogP contribution is -2.02.